The Kier molecular flexibility index (Phi) is 2.18. The second-order valence-corrected chi connectivity index (χ2v) is 2.09. The van der Waals surface area contributed by atoms with E-state index < -0.39 is 5.69 Å². The lowest BCUT2D eigenvalue weighted by Gasteiger charge is -1.98. The molecule has 0 aliphatic heterocycles. The van der Waals surface area contributed by atoms with Gasteiger partial charge in [-0.1, -0.05) is 4.48 Å². The molecule has 0 fully saturated rings. The van der Waals surface area contributed by atoms with Gasteiger partial charge in [0.2, 0.25) is 5.91 Å². The molecule has 1 aromatic rings. The SMILES string of the molecule is CC(=O)Nc1ccn(F)c(=O)n1. The lowest BCUT2D eigenvalue weighted by Crippen LogP contribution is -2.19. The Hall–Kier alpha value is -1.72. The fraction of sp³-hybridized carbons (Fsp3) is 0.167. The van der Waals surface area contributed by atoms with Crippen molar-refractivity contribution in [3.63, 3.8) is 0 Å². The van der Waals surface area contributed by atoms with Crippen LogP contribution in [0.25, 0.3) is 0 Å². The maximum atomic E-state index is 12.3. The lowest BCUT2D eigenvalue weighted by atomic mass is 10.5. The van der Waals surface area contributed by atoms with Crippen LogP contribution in [-0.4, -0.2) is 15.7 Å². The fourth-order valence-electron chi connectivity index (χ4n) is 0.638. The second-order valence-electron chi connectivity index (χ2n) is 2.09. The summed E-state index contributed by atoms with van der Waals surface area (Å²) in [5, 5.41) is 2.24. The molecule has 1 aromatic heterocycles. The van der Waals surface area contributed by atoms with Gasteiger partial charge in [-0.25, -0.2) is 4.79 Å². The standard InChI is InChI=1S/C6H6FN3O2/c1-4(11)8-5-2-3-10(7)6(12)9-5/h2-3H,1H3,(H,8,9,11,12). The smallest absolute Gasteiger partial charge is 0.311 e. The van der Waals surface area contributed by atoms with E-state index in [1.54, 1.807) is 0 Å². The zero-order valence-corrected chi connectivity index (χ0v) is 6.24. The first-order valence-electron chi connectivity index (χ1n) is 3.13. The highest BCUT2D eigenvalue weighted by molar-refractivity contribution is 5.87. The lowest BCUT2D eigenvalue weighted by molar-refractivity contribution is -0.114. The normalized spacial score (nSPS) is 9.50. The van der Waals surface area contributed by atoms with Crippen LogP contribution in [0, 0.1) is 0 Å². The zero-order valence-electron chi connectivity index (χ0n) is 6.24. The average Bonchev–Trinajstić information content (AvgIpc) is 1.96. The van der Waals surface area contributed by atoms with Gasteiger partial charge in [0, 0.05) is 19.2 Å². The number of hydrogen-bond acceptors (Lipinski definition) is 3. The highest BCUT2D eigenvalue weighted by Gasteiger charge is 1.99. The number of hydrogen-bond donors (Lipinski definition) is 1. The molecule has 0 atom stereocenters. The van der Waals surface area contributed by atoms with E-state index in [0.717, 1.165) is 6.20 Å². The molecule has 64 valence electrons. The molecule has 1 N–H and O–H groups in total. The Morgan fingerprint density at radius 2 is 2.42 bits per heavy atom. The van der Waals surface area contributed by atoms with Crippen LogP contribution in [0.3, 0.4) is 0 Å². The minimum atomic E-state index is -1.05. The van der Waals surface area contributed by atoms with Crippen LogP contribution in [-0.2, 0) is 4.79 Å². The van der Waals surface area contributed by atoms with Crippen molar-refractivity contribution in [3.05, 3.63) is 22.7 Å². The van der Waals surface area contributed by atoms with Crippen LogP contribution in [0.4, 0.5) is 10.3 Å². The number of nitrogens with one attached hydrogen (secondary N) is 1. The second kappa shape index (κ2) is 3.12. The number of rotatable bonds is 1. The van der Waals surface area contributed by atoms with E-state index >= 15 is 0 Å². The molecule has 1 rings (SSSR count). The van der Waals surface area contributed by atoms with Crippen LogP contribution in [0.2, 0.25) is 0 Å². The van der Waals surface area contributed by atoms with Crippen molar-refractivity contribution in [1.82, 2.24) is 9.77 Å². The summed E-state index contributed by atoms with van der Waals surface area (Å²) in [7, 11) is 0. The molecule has 0 unspecified atom stereocenters. The first kappa shape index (κ1) is 8.38. The van der Waals surface area contributed by atoms with Crippen molar-refractivity contribution >= 4 is 11.7 Å². The molecule has 5 nitrogen and oxygen atoms in total. The number of carbonyl (C=O) groups is 1. The van der Waals surface area contributed by atoms with Gasteiger partial charge in [-0.3, -0.25) is 4.79 Å². The number of aromatic nitrogens is 2. The van der Waals surface area contributed by atoms with Crippen molar-refractivity contribution in [3.8, 4) is 0 Å². The first-order valence-corrected chi connectivity index (χ1v) is 3.13. The molecule has 12 heavy (non-hydrogen) atoms. The molecule has 0 bridgehead atoms. The summed E-state index contributed by atoms with van der Waals surface area (Å²) in [6.07, 6.45) is 0.876. The summed E-state index contributed by atoms with van der Waals surface area (Å²) in [6.45, 7) is 1.27. The molecular formula is C6H6FN3O2. The minimum Gasteiger partial charge on any atom is -0.311 e. The van der Waals surface area contributed by atoms with Gasteiger partial charge in [-0.15, -0.1) is 4.79 Å². The minimum absolute atomic E-state index is 0.0430. The molecule has 0 radical (unpaired) electrons. The molecule has 0 aliphatic carbocycles. The third kappa shape index (κ3) is 1.88. The van der Waals surface area contributed by atoms with Crippen LogP contribution in [0.1, 0.15) is 6.92 Å². The summed E-state index contributed by atoms with van der Waals surface area (Å²) < 4.78 is 12.3. The Morgan fingerprint density at radius 1 is 1.75 bits per heavy atom. The van der Waals surface area contributed by atoms with E-state index in [2.05, 4.69) is 10.3 Å². The maximum Gasteiger partial charge on any atom is 0.377 e. The van der Waals surface area contributed by atoms with Crippen LogP contribution >= 0.6 is 0 Å². The van der Waals surface area contributed by atoms with Gasteiger partial charge in [0.1, 0.15) is 5.82 Å². The largest absolute Gasteiger partial charge is 0.377 e. The van der Waals surface area contributed by atoms with Gasteiger partial charge >= 0.3 is 5.69 Å². The average molecular weight is 171 g/mol. The Balaban J connectivity index is 2.97. The van der Waals surface area contributed by atoms with E-state index in [4.69, 9.17) is 0 Å². The Morgan fingerprint density at radius 3 is 2.92 bits per heavy atom. The number of nitrogens with zero attached hydrogens (tertiary/aromatic N) is 2. The Labute approximate surface area is 66.8 Å². The number of halogens is 1. The summed E-state index contributed by atoms with van der Waals surface area (Å²) >= 11 is 0. The molecule has 1 amide bonds. The summed E-state index contributed by atoms with van der Waals surface area (Å²) in [5.41, 5.74) is -1.05. The Bertz CT molecular complexity index is 360. The van der Waals surface area contributed by atoms with Gasteiger partial charge in [0.25, 0.3) is 0 Å². The third-order valence-electron chi connectivity index (χ3n) is 1.07. The molecular weight excluding hydrogens is 165 g/mol. The van der Waals surface area contributed by atoms with Crippen molar-refractivity contribution in [2.45, 2.75) is 6.92 Å². The molecule has 0 saturated carbocycles. The quantitative estimate of drug-likeness (QED) is 0.643. The first-order chi connectivity index (χ1) is 5.59. The van der Waals surface area contributed by atoms with E-state index in [1.807, 2.05) is 0 Å². The van der Waals surface area contributed by atoms with Gasteiger partial charge < -0.3 is 5.32 Å². The van der Waals surface area contributed by atoms with Crippen molar-refractivity contribution < 1.29 is 9.28 Å². The molecule has 0 aromatic carbocycles. The molecule has 6 heteroatoms. The van der Waals surface area contributed by atoms with E-state index in [0.29, 0.717) is 0 Å². The highest BCUT2D eigenvalue weighted by Crippen LogP contribution is 1.96. The number of anilines is 1. The molecule has 0 aliphatic rings. The van der Waals surface area contributed by atoms with Gasteiger partial charge in [0.15, 0.2) is 0 Å². The molecule has 0 saturated heterocycles. The highest BCUT2D eigenvalue weighted by atomic mass is 19.2. The van der Waals surface area contributed by atoms with Gasteiger partial charge in [-0.05, 0) is 0 Å². The molecule has 1 heterocycles. The summed E-state index contributed by atoms with van der Waals surface area (Å²) in [5.74, 6) is -0.320. The number of carbonyl (C=O) groups excluding carboxylic acids is 1. The van der Waals surface area contributed by atoms with Crippen LogP contribution in [0.5, 0.6) is 0 Å². The van der Waals surface area contributed by atoms with E-state index in [1.165, 1.54) is 13.0 Å². The van der Waals surface area contributed by atoms with Gasteiger partial charge in [0.05, 0.1) is 0 Å². The van der Waals surface area contributed by atoms with Crippen molar-refractivity contribution in [1.29, 1.82) is 0 Å². The van der Waals surface area contributed by atoms with Crippen LogP contribution in [0.15, 0.2) is 17.1 Å². The maximum absolute atomic E-state index is 12.3. The zero-order chi connectivity index (χ0) is 9.14. The summed E-state index contributed by atoms with van der Waals surface area (Å²) in [6, 6.07) is 1.18. The fourth-order valence-corrected chi connectivity index (χ4v) is 0.638. The van der Waals surface area contributed by atoms with E-state index in [-0.39, 0.29) is 16.5 Å². The predicted octanol–water partition coefficient (Wildman–Crippen LogP) is -0.0657. The van der Waals surface area contributed by atoms with Crippen molar-refractivity contribution in [2.24, 2.45) is 0 Å². The number of amides is 1. The monoisotopic (exact) mass is 171 g/mol. The topological polar surface area (TPSA) is 64.0 Å². The summed E-state index contributed by atoms with van der Waals surface area (Å²) in [4.78, 5) is 24.0. The predicted molar refractivity (Wildman–Crippen MR) is 39.3 cm³/mol. The van der Waals surface area contributed by atoms with Gasteiger partial charge in [-0.2, -0.15) is 4.98 Å². The molecule has 0 spiro atoms. The van der Waals surface area contributed by atoms with Crippen molar-refractivity contribution in [2.75, 3.05) is 5.32 Å². The van der Waals surface area contributed by atoms with E-state index in [9.17, 15) is 14.1 Å². The van der Waals surface area contributed by atoms with Crippen LogP contribution < -0.4 is 11.0 Å². The third-order valence-corrected chi connectivity index (χ3v) is 1.07.